The number of nitrogens with zero attached hydrogens (tertiary/aromatic N) is 1. The second-order valence-corrected chi connectivity index (χ2v) is 8.83. The molecule has 1 amide bonds. The molecular weight excluding hydrogens is 521 g/mol. The SMILES string of the molecule is CCCC(N)=O.O=C(O)c1ccc2c(c1)cc(COc1ccccc1)n2Cc1cc(C(F)(F)F)ccc1Cl. The van der Waals surface area contributed by atoms with E-state index < -0.39 is 17.7 Å². The number of benzene rings is 3. The summed E-state index contributed by atoms with van der Waals surface area (Å²) in [5, 5.41) is 10.1. The maximum atomic E-state index is 13.2. The minimum absolute atomic E-state index is 0.0617. The zero-order valence-electron chi connectivity index (χ0n) is 20.5. The van der Waals surface area contributed by atoms with E-state index in [-0.39, 0.29) is 29.6 Å². The fraction of sp³-hybridized carbons (Fsp3) is 0.214. The summed E-state index contributed by atoms with van der Waals surface area (Å²) in [7, 11) is 0. The molecule has 0 fully saturated rings. The van der Waals surface area contributed by atoms with Gasteiger partial charge in [-0.2, -0.15) is 13.2 Å². The highest BCUT2D eigenvalue weighted by Gasteiger charge is 2.31. The Labute approximate surface area is 222 Å². The molecule has 38 heavy (non-hydrogen) atoms. The number of halogens is 4. The lowest BCUT2D eigenvalue weighted by Crippen LogP contribution is -2.10. The van der Waals surface area contributed by atoms with Crippen LogP contribution in [-0.4, -0.2) is 21.6 Å². The standard InChI is InChI=1S/C24H17ClF3NO3.C4H9NO/c25-21-8-7-18(24(26,27)28)11-17(21)13-29-19(14-32-20-4-2-1-3-5-20)12-16-10-15(23(30)31)6-9-22(16)29;1-2-3-4(5)6/h1-12H,13-14H2,(H,30,31);2-3H2,1H3,(H2,5,6). The molecule has 0 spiro atoms. The topological polar surface area (TPSA) is 94.6 Å². The lowest BCUT2D eigenvalue weighted by atomic mass is 10.1. The van der Waals surface area contributed by atoms with E-state index in [4.69, 9.17) is 22.1 Å². The van der Waals surface area contributed by atoms with Gasteiger partial charge in [0.1, 0.15) is 12.4 Å². The average molecular weight is 547 g/mol. The third-order valence-electron chi connectivity index (χ3n) is 5.56. The van der Waals surface area contributed by atoms with E-state index in [0.29, 0.717) is 34.3 Å². The number of carboxylic acids is 1. The lowest BCUT2D eigenvalue weighted by molar-refractivity contribution is -0.137. The number of carboxylic acid groups (broad SMARTS) is 1. The van der Waals surface area contributed by atoms with Crippen molar-refractivity contribution in [2.45, 2.75) is 39.1 Å². The molecule has 3 N–H and O–H groups in total. The third kappa shape index (κ3) is 7.52. The molecule has 4 rings (SSSR count). The van der Waals surface area contributed by atoms with Gasteiger partial charge >= 0.3 is 12.1 Å². The Bertz CT molecular complexity index is 1420. The summed E-state index contributed by atoms with van der Waals surface area (Å²) < 4.78 is 47.3. The maximum Gasteiger partial charge on any atom is 0.416 e. The molecule has 3 aromatic carbocycles. The number of alkyl halides is 3. The molecule has 1 heterocycles. The van der Waals surface area contributed by atoms with Crippen LogP contribution in [0.4, 0.5) is 13.2 Å². The predicted octanol–water partition coefficient (Wildman–Crippen LogP) is 6.91. The van der Waals surface area contributed by atoms with E-state index in [0.717, 1.165) is 18.6 Å². The first-order valence-electron chi connectivity index (χ1n) is 11.7. The fourth-order valence-corrected chi connectivity index (χ4v) is 3.91. The van der Waals surface area contributed by atoms with E-state index >= 15 is 0 Å². The van der Waals surface area contributed by atoms with Gasteiger partial charge in [-0.25, -0.2) is 4.79 Å². The Hall–Kier alpha value is -3.98. The number of aromatic carboxylic acids is 1. The number of amides is 1. The number of fused-ring (bicyclic) bond motifs is 1. The first-order valence-corrected chi connectivity index (χ1v) is 12.0. The number of nitrogens with two attached hydrogens (primary N) is 1. The molecule has 1 aromatic heterocycles. The lowest BCUT2D eigenvalue weighted by Gasteiger charge is -2.15. The van der Waals surface area contributed by atoms with Crippen molar-refractivity contribution >= 4 is 34.4 Å². The smallest absolute Gasteiger partial charge is 0.416 e. The highest BCUT2D eigenvalue weighted by Crippen LogP contribution is 2.33. The number of hydrogen-bond donors (Lipinski definition) is 2. The number of ether oxygens (including phenoxy) is 1. The fourth-order valence-electron chi connectivity index (χ4n) is 3.73. The molecule has 0 aliphatic rings. The van der Waals surface area contributed by atoms with Crippen LogP contribution in [0.5, 0.6) is 5.75 Å². The van der Waals surface area contributed by atoms with Crippen molar-refractivity contribution in [3.8, 4) is 5.75 Å². The highest BCUT2D eigenvalue weighted by molar-refractivity contribution is 6.31. The number of para-hydroxylation sites is 1. The van der Waals surface area contributed by atoms with Crippen LogP contribution < -0.4 is 10.5 Å². The number of primary amides is 1. The van der Waals surface area contributed by atoms with E-state index in [1.54, 1.807) is 28.8 Å². The summed E-state index contributed by atoms with van der Waals surface area (Å²) in [6, 6.07) is 18.7. The van der Waals surface area contributed by atoms with Crippen LogP contribution in [0.2, 0.25) is 5.02 Å². The van der Waals surface area contributed by atoms with Gasteiger partial charge < -0.3 is 20.1 Å². The van der Waals surface area contributed by atoms with Gasteiger partial charge in [0.2, 0.25) is 5.91 Å². The molecule has 0 saturated carbocycles. The van der Waals surface area contributed by atoms with Crippen LogP contribution in [0.25, 0.3) is 10.9 Å². The number of carbonyl (C=O) groups is 2. The molecule has 0 radical (unpaired) electrons. The zero-order chi connectivity index (χ0) is 27.9. The number of carbonyl (C=O) groups excluding carboxylic acids is 1. The summed E-state index contributed by atoms with van der Waals surface area (Å²) in [4.78, 5) is 21.2. The van der Waals surface area contributed by atoms with Crippen LogP contribution in [0.3, 0.4) is 0 Å². The molecule has 6 nitrogen and oxygen atoms in total. The normalized spacial score (nSPS) is 11.1. The van der Waals surface area contributed by atoms with Gasteiger partial charge in [-0.15, -0.1) is 0 Å². The van der Waals surface area contributed by atoms with Crippen molar-refractivity contribution in [2.24, 2.45) is 5.73 Å². The Morgan fingerprint density at radius 1 is 1.03 bits per heavy atom. The van der Waals surface area contributed by atoms with Crippen molar-refractivity contribution in [3.63, 3.8) is 0 Å². The van der Waals surface area contributed by atoms with Gasteiger partial charge in [-0.3, -0.25) is 4.79 Å². The Kier molecular flexibility index (Phi) is 9.41. The van der Waals surface area contributed by atoms with E-state index in [2.05, 4.69) is 0 Å². The first kappa shape index (κ1) is 28.6. The molecule has 0 unspecified atom stereocenters. The Balaban J connectivity index is 0.000000599. The van der Waals surface area contributed by atoms with Gasteiger partial charge in [-0.1, -0.05) is 36.7 Å². The van der Waals surface area contributed by atoms with E-state index in [1.807, 2.05) is 25.1 Å². The number of rotatable bonds is 8. The molecule has 0 atom stereocenters. The maximum absolute atomic E-state index is 13.2. The minimum atomic E-state index is -4.49. The summed E-state index contributed by atoms with van der Waals surface area (Å²) in [5.74, 6) is -0.646. The predicted molar refractivity (Wildman–Crippen MR) is 139 cm³/mol. The van der Waals surface area contributed by atoms with Gasteiger partial charge in [0, 0.05) is 28.9 Å². The van der Waals surface area contributed by atoms with Gasteiger partial charge in [0.15, 0.2) is 0 Å². The van der Waals surface area contributed by atoms with Crippen molar-refractivity contribution < 1.29 is 32.6 Å². The minimum Gasteiger partial charge on any atom is -0.487 e. The van der Waals surface area contributed by atoms with Crippen LogP contribution in [0.1, 0.15) is 46.9 Å². The van der Waals surface area contributed by atoms with Gasteiger partial charge in [0.05, 0.1) is 16.8 Å². The van der Waals surface area contributed by atoms with Crippen molar-refractivity contribution in [3.05, 3.63) is 100 Å². The highest BCUT2D eigenvalue weighted by atomic mass is 35.5. The van der Waals surface area contributed by atoms with Crippen molar-refractivity contribution in [1.29, 1.82) is 0 Å². The van der Waals surface area contributed by atoms with Gasteiger partial charge in [-0.05, 0) is 66.6 Å². The summed E-state index contributed by atoms with van der Waals surface area (Å²) in [6.07, 6.45) is -3.12. The third-order valence-corrected chi connectivity index (χ3v) is 5.93. The number of aromatic nitrogens is 1. The Morgan fingerprint density at radius 2 is 1.74 bits per heavy atom. The summed E-state index contributed by atoms with van der Waals surface area (Å²) >= 11 is 6.22. The second-order valence-electron chi connectivity index (χ2n) is 8.42. The van der Waals surface area contributed by atoms with E-state index in [1.165, 1.54) is 18.2 Å². The van der Waals surface area contributed by atoms with Crippen LogP contribution in [0.15, 0.2) is 72.8 Å². The first-order chi connectivity index (χ1) is 18.0. The molecule has 4 aromatic rings. The van der Waals surface area contributed by atoms with Crippen molar-refractivity contribution in [1.82, 2.24) is 4.57 Å². The monoisotopic (exact) mass is 546 g/mol. The number of hydrogen-bond acceptors (Lipinski definition) is 3. The second kappa shape index (κ2) is 12.5. The quantitative estimate of drug-likeness (QED) is 0.251. The summed E-state index contributed by atoms with van der Waals surface area (Å²) in [5.41, 5.74) is 5.71. The van der Waals surface area contributed by atoms with Crippen LogP contribution >= 0.6 is 11.6 Å². The van der Waals surface area contributed by atoms with Crippen LogP contribution in [0, 0.1) is 0 Å². The molecule has 0 bridgehead atoms. The molecule has 0 aliphatic carbocycles. The molecule has 0 saturated heterocycles. The summed E-state index contributed by atoms with van der Waals surface area (Å²) in [6.45, 7) is 2.12. The van der Waals surface area contributed by atoms with Crippen molar-refractivity contribution in [2.75, 3.05) is 0 Å². The molecular formula is C28H26ClF3N2O4. The molecule has 10 heteroatoms. The van der Waals surface area contributed by atoms with E-state index in [9.17, 15) is 27.9 Å². The van der Waals surface area contributed by atoms with Crippen LogP contribution in [-0.2, 0) is 24.1 Å². The van der Waals surface area contributed by atoms with Gasteiger partial charge in [0.25, 0.3) is 0 Å². The molecule has 0 aliphatic heterocycles. The largest absolute Gasteiger partial charge is 0.487 e. The average Bonchev–Trinajstić information content (AvgIpc) is 3.20. The zero-order valence-corrected chi connectivity index (χ0v) is 21.2. The Morgan fingerprint density at radius 3 is 2.32 bits per heavy atom. The molecule has 200 valence electrons.